The van der Waals surface area contributed by atoms with Crippen LogP contribution in [0.1, 0.15) is 173 Å². The van der Waals surface area contributed by atoms with E-state index in [0.29, 0.717) is 18.3 Å². The van der Waals surface area contributed by atoms with Gasteiger partial charge in [0.05, 0.1) is 19.0 Å². The number of ketones is 2. The van der Waals surface area contributed by atoms with Crippen molar-refractivity contribution in [2.45, 2.75) is 179 Å². The number of methoxy groups -OCH3 is 2. The van der Waals surface area contributed by atoms with Gasteiger partial charge in [-0.2, -0.15) is 0 Å². The van der Waals surface area contributed by atoms with Crippen LogP contribution in [0.5, 0.6) is 0 Å². The molecule has 0 spiro atoms. The first kappa shape index (κ1) is 47.5. The van der Waals surface area contributed by atoms with Gasteiger partial charge in [0.15, 0.2) is 0 Å². The molecule has 0 N–H and O–H groups in total. The number of allylic oxidation sites excluding steroid dienone is 4. The highest BCUT2D eigenvalue weighted by atomic mass is 16.5. The van der Waals surface area contributed by atoms with Crippen molar-refractivity contribution in [2.75, 3.05) is 14.2 Å². The van der Waals surface area contributed by atoms with Crippen molar-refractivity contribution in [3.05, 3.63) is 23.5 Å². The lowest BCUT2D eigenvalue weighted by Crippen LogP contribution is -2.05. The lowest BCUT2D eigenvalue weighted by Gasteiger charge is -2.11. The summed E-state index contributed by atoms with van der Waals surface area (Å²) in [5.74, 6) is 4.16. The molecule has 0 rings (SSSR count). The summed E-state index contributed by atoms with van der Waals surface area (Å²) in [5.41, 5.74) is 1.38. The van der Waals surface area contributed by atoms with Gasteiger partial charge in [-0.15, -0.1) is 0 Å². The van der Waals surface area contributed by atoms with Gasteiger partial charge in [0.25, 0.3) is 0 Å². The molecule has 252 valence electrons. The minimum atomic E-state index is 0.278. The summed E-state index contributed by atoms with van der Waals surface area (Å²) in [6.45, 7) is 25.2. The lowest BCUT2D eigenvalue weighted by atomic mass is 10.0. The Bertz CT molecular complexity index is 639. The second kappa shape index (κ2) is 35.8. The molecule has 0 aromatic carbocycles. The molecule has 0 radical (unpaired) electrons. The van der Waals surface area contributed by atoms with Crippen molar-refractivity contribution in [1.82, 2.24) is 0 Å². The van der Waals surface area contributed by atoms with E-state index in [1.165, 1.54) is 56.9 Å². The summed E-state index contributed by atoms with van der Waals surface area (Å²) in [4.78, 5) is 21.0. The first-order valence-corrected chi connectivity index (χ1v) is 17.1. The van der Waals surface area contributed by atoms with Gasteiger partial charge in [-0.3, -0.25) is 0 Å². The van der Waals surface area contributed by atoms with Crippen LogP contribution in [0.15, 0.2) is 23.5 Å². The van der Waals surface area contributed by atoms with E-state index in [-0.39, 0.29) is 5.78 Å². The fourth-order valence-electron chi connectivity index (χ4n) is 3.50. The minimum Gasteiger partial charge on any atom is -0.502 e. The molecule has 0 bridgehead atoms. The largest absolute Gasteiger partial charge is 0.502 e. The normalized spacial score (nSPS) is 14.0. The number of carbonyl (C=O) groups excluding carboxylic acids is 2. The van der Waals surface area contributed by atoms with Crippen LogP contribution >= 0.6 is 0 Å². The lowest BCUT2D eigenvalue weighted by molar-refractivity contribution is -0.117. The van der Waals surface area contributed by atoms with Crippen LogP contribution in [-0.4, -0.2) is 31.9 Å². The topological polar surface area (TPSA) is 52.6 Å². The molecule has 42 heavy (non-hydrogen) atoms. The van der Waals surface area contributed by atoms with Gasteiger partial charge in [0.2, 0.25) is 0 Å². The number of carbonyl (C=O) groups is 2. The second-order valence-corrected chi connectivity index (χ2v) is 12.4. The summed E-state index contributed by atoms with van der Waals surface area (Å²) in [6, 6.07) is 0. The Morgan fingerprint density at radius 1 is 0.619 bits per heavy atom. The van der Waals surface area contributed by atoms with Crippen LogP contribution in [0, 0.1) is 17.8 Å². The van der Waals surface area contributed by atoms with Gasteiger partial charge in [0.1, 0.15) is 11.6 Å². The first-order chi connectivity index (χ1) is 19.7. The third kappa shape index (κ3) is 45.6. The molecular weight excluding hydrogens is 520 g/mol. The SMILES string of the molecule is CC/C(C)=C/CCC(C)=O.CCC(C)CC/C=C(\C)OC.CCC(C)CCCC(C)=O.CCC(C)CCCC(C)OC. The molecule has 0 aromatic heterocycles. The molecule has 0 saturated carbocycles. The monoisotopic (exact) mass is 597 g/mol. The molecule has 0 amide bonds. The van der Waals surface area contributed by atoms with Gasteiger partial charge < -0.3 is 19.1 Å². The zero-order valence-corrected chi connectivity index (χ0v) is 31.0. The molecule has 0 saturated heterocycles. The van der Waals surface area contributed by atoms with Crippen molar-refractivity contribution in [2.24, 2.45) is 17.8 Å². The third-order valence-corrected chi connectivity index (χ3v) is 7.99. The van der Waals surface area contributed by atoms with Crippen molar-refractivity contribution in [3.8, 4) is 0 Å². The van der Waals surface area contributed by atoms with E-state index in [0.717, 1.165) is 55.6 Å². The Balaban J connectivity index is -0.000000229. The van der Waals surface area contributed by atoms with Crippen molar-refractivity contribution < 1.29 is 19.1 Å². The molecule has 4 atom stereocenters. The van der Waals surface area contributed by atoms with Crippen LogP contribution < -0.4 is 0 Å². The molecule has 0 aliphatic heterocycles. The number of ether oxygens (including phenoxy) is 2. The van der Waals surface area contributed by atoms with Gasteiger partial charge in [-0.1, -0.05) is 98.6 Å². The average Bonchev–Trinajstić information content (AvgIpc) is 2.96. The van der Waals surface area contributed by atoms with Gasteiger partial charge in [-0.05, 0) is 97.0 Å². The Morgan fingerprint density at radius 3 is 1.50 bits per heavy atom. The van der Waals surface area contributed by atoms with E-state index in [1.54, 1.807) is 28.1 Å². The zero-order chi connectivity index (χ0) is 33.3. The molecule has 0 fully saturated rings. The fourth-order valence-corrected chi connectivity index (χ4v) is 3.50. The maximum atomic E-state index is 10.5. The van der Waals surface area contributed by atoms with Crippen molar-refractivity contribution in [1.29, 1.82) is 0 Å². The number of Topliss-reactive ketones (excluding diaryl/α,β-unsaturated/α-hetero) is 2. The highest BCUT2D eigenvalue weighted by Gasteiger charge is 2.02. The maximum absolute atomic E-state index is 10.5. The van der Waals surface area contributed by atoms with Gasteiger partial charge in [-0.25, -0.2) is 0 Å². The highest BCUT2D eigenvalue weighted by molar-refractivity contribution is 5.75. The Hall–Kier alpha value is -1.42. The van der Waals surface area contributed by atoms with Crippen LogP contribution in [0.3, 0.4) is 0 Å². The Morgan fingerprint density at radius 2 is 1.10 bits per heavy atom. The third-order valence-electron chi connectivity index (χ3n) is 7.99. The van der Waals surface area contributed by atoms with Crippen molar-refractivity contribution >= 4 is 11.6 Å². The van der Waals surface area contributed by atoms with Crippen LogP contribution in [-0.2, 0) is 19.1 Å². The van der Waals surface area contributed by atoms with E-state index in [4.69, 9.17) is 9.47 Å². The molecule has 4 heteroatoms. The molecular formula is C38H76O4. The van der Waals surface area contributed by atoms with E-state index in [1.807, 2.05) is 6.92 Å². The second-order valence-electron chi connectivity index (χ2n) is 12.4. The standard InChI is InChI=1S/C10H22O.C10H20O.C9H18O.C9H16O/c2*1-5-9(2)7-6-8-10(3)11-4;2*1-4-8(2)6-5-7-9(3)10/h9-10H,5-8H2,1-4H3;8-9H,5-7H2,1-4H3;8H,4-7H2,1-3H3;6H,4-5,7H2,1-3H3/b;10-8+;;8-6+. The first-order valence-electron chi connectivity index (χ1n) is 17.1. The van der Waals surface area contributed by atoms with Gasteiger partial charge >= 0.3 is 0 Å². The summed E-state index contributed by atoms with van der Waals surface area (Å²) in [6.07, 6.45) is 20.6. The minimum absolute atomic E-state index is 0.278. The molecule has 4 nitrogen and oxygen atoms in total. The predicted molar refractivity (Wildman–Crippen MR) is 187 cm³/mol. The fraction of sp³-hybridized carbons (Fsp3) is 0.842. The van der Waals surface area contributed by atoms with Crippen LogP contribution in [0.4, 0.5) is 0 Å². The average molecular weight is 597 g/mol. The number of rotatable bonds is 20. The Labute approximate surface area is 264 Å². The number of hydrogen-bond acceptors (Lipinski definition) is 4. The summed E-state index contributed by atoms with van der Waals surface area (Å²) in [7, 11) is 3.50. The molecule has 0 aliphatic carbocycles. The van der Waals surface area contributed by atoms with E-state index >= 15 is 0 Å². The quantitative estimate of drug-likeness (QED) is 0.104. The highest BCUT2D eigenvalue weighted by Crippen LogP contribution is 2.13. The van der Waals surface area contributed by atoms with E-state index in [9.17, 15) is 9.59 Å². The van der Waals surface area contributed by atoms with E-state index < -0.39 is 0 Å². The smallest absolute Gasteiger partial charge is 0.130 e. The van der Waals surface area contributed by atoms with E-state index in [2.05, 4.69) is 74.5 Å². The summed E-state index contributed by atoms with van der Waals surface area (Å²) < 4.78 is 10.2. The summed E-state index contributed by atoms with van der Waals surface area (Å²) >= 11 is 0. The zero-order valence-electron chi connectivity index (χ0n) is 31.0. The maximum Gasteiger partial charge on any atom is 0.130 e. The Kier molecular flexibility index (Phi) is 40.5. The van der Waals surface area contributed by atoms with Crippen LogP contribution in [0.2, 0.25) is 0 Å². The number of hydrogen-bond donors (Lipinski definition) is 0. The van der Waals surface area contributed by atoms with Crippen molar-refractivity contribution in [3.63, 3.8) is 0 Å². The summed E-state index contributed by atoms with van der Waals surface area (Å²) in [5, 5.41) is 0. The molecule has 0 heterocycles. The van der Waals surface area contributed by atoms with Gasteiger partial charge in [0, 0.05) is 20.0 Å². The van der Waals surface area contributed by atoms with Crippen LogP contribution in [0.25, 0.3) is 0 Å². The molecule has 4 unspecified atom stereocenters. The molecule has 0 aromatic rings. The predicted octanol–water partition coefficient (Wildman–Crippen LogP) is 12.1. The molecule has 0 aliphatic rings.